The number of halogens is 1. The molecule has 28 heavy (non-hydrogen) atoms. The molecule has 6 nitrogen and oxygen atoms in total. The summed E-state index contributed by atoms with van der Waals surface area (Å²) in [4.78, 5) is 12.4. The minimum absolute atomic E-state index is 0. The molecule has 0 aliphatic carbocycles. The first-order chi connectivity index (χ1) is 12.9. The first-order valence-electron chi connectivity index (χ1n) is 9.07. The molecule has 2 aromatic rings. The summed E-state index contributed by atoms with van der Waals surface area (Å²) in [6, 6.07) is 14.0. The second kappa shape index (κ2) is 11.8. The topological polar surface area (TPSA) is 87.3 Å². The molecule has 2 rings (SSSR count). The average molecular weight is 426 g/mol. The molecular weight excluding hydrogens is 398 g/mol. The SMILES string of the molecule is CCCNCCNC(=O)c1ccc(C)c(S(=O)(=O)NCc2ccccc2)c1.Cl. The second-order valence-corrected chi connectivity index (χ2v) is 8.03. The van der Waals surface area contributed by atoms with Crippen LogP contribution in [0.5, 0.6) is 0 Å². The van der Waals surface area contributed by atoms with Crippen molar-refractivity contribution in [3.05, 3.63) is 65.2 Å². The molecule has 0 aliphatic rings. The van der Waals surface area contributed by atoms with E-state index in [1.54, 1.807) is 19.1 Å². The van der Waals surface area contributed by atoms with Crippen molar-refractivity contribution in [1.82, 2.24) is 15.4 Å². The van der Waals surface area contributed by atoms with Crippen molar-refractivity contribution < 1.29 is 13.2 Å². The van der Waals surface area contributed by atoms with Crippen LogP contribution in [0.2, 0.25) is 0 Å². The van der Waals surface area contributed by atoms with Crippen LogP contribution in [0.3, 0.4) is 0 Å². The van der Waals surface area contributed by atoms with E-state index in [4.69, 9.17) is 0 Å². The van der Waals surface area contributed by atoms with Crippen LogP contribution in [0.25, 0.3) is 0 Å². The van der Waals surface area contributed by atoms with Gasteiger partial charge < -0.3 is 10.6 Å². The zero-order valence-electron chi connectivity index (χ0n) is 16.2. The van der Waals surface area contributed by atoms with E-state index in [9.17, 15) is 13.2 Å². The zero-order chi connectivity index (χ0) is 19.7. The van der Waals surface area contributed by atoms with Crippen LogP contribution in [0.15, 0.2) is 53.4 Å². The lowest BCUT2D eigenvalue weighted by Crippen LogP contribution is -2.32. The van der Waals surface area contributed by atoms with Crippen LogP contribution in [0.1, 0.15) is 34.8 Å². The van der Waals surface area contributed by atoms with E-state index >= 15 is 0 Å². The van der Waals surface area contributed by atoms with E-state index in [1.807, 2.05) is 30.3 Å². The highest BCUT2D eigenvalue weighted by Gasteiger charge is 2.19. The van der Waals surface area contributed by atoms with E-state index in [0.29, 0.717) is 24.2 Å². The van der Waals surface area contributed by atoms with Crippen molar-refractivity contribution in [1.29, 1.82) is 0 Å². The molecule has 2 aromatic carbocycles. The molecule has 3 N–H and O–H groups in total. The molecule has 0 unspecified atom stereocenters. The molecule has 0 aromatic heterocycles. The van der Waals surface area contributed by atoms with Crippen molar-refractivity contribution in [3.8, 4) is 0 Å². The Balaban J connectivity index is 0.00000392. The Morgan fingerprint density at radius 2 is 1.71 bits per heavy atom. The quantitative estimate of drug-likeness (QED) is 0.510. The summed E-state index contributed by atoms with van der Waals surface area (Å²) in [5.41, 5.74) is 1.79. The summed E-state index contributed by atoms with van der Waals surface area (Å²) in [7, 11) is -3.72. The Hall–Kier alpha value is -1.93. The maximum atomic E-state index is 12.7. The van der Waals surface area contributed by atoms with Crippen LogP contribution in [0.4, 0.5) is 0 Å². The monoisotopic (exact) mass is 425 g/mol. The van der Waals surface area contributed by atoms with Crippen LogP contribution in [-0.2, 0) is 16.6 Å². The fraction of sp³-hybridized carbons (Fsp3) is 0.350. The van der Waals surface area contributed by atoms with Gasteiger partial charge in [0.2, 0.25) is 10.0 Å². The highest BCUT2D eigenvalue weighted by atomic mass is 35.5. The van der Waals surface area contributed by atoms with E-state index in [-0.39, 0.29) is 29.8 Å². The zero-order valence-corrected chi connectivity index (χ0v) is 17.8. The predicted molar refractivity (Wildman–Crippen MR) is 114 cm³/mol. The number of aryl methyl sites for hydroxylation is 1. The van der Waals surface area contributed by atoms with Gasteiger partial charge in [-0.25, -0.2) is 13.1 Å². The van der Waals surface area contributed by atoms with Gasteiger partial charge in [0.1, 0.15) is 0 Å². The molecule has 0 fully saturated rings. The van der Waals surface area contributed by atoms with Gasteiger partial charge in [0.05, 0.1) is 4.90 Å². The summed E-state index contributed by atoms with van der Waals surface area (Å²) in [5, 5.41) is 6.00. The number of nitrogens with one attached hydrogen (secondary N) is 3. The molecule has 0 saturated heterocycles. The number of rotatable bonds is 10. The summed E-state index contributed by atoms with van der Waals surface area (Å²) < 4.78 is 28.0. The Bertz CT molecular complexity index is 858. The minimum atomic E-state index is -3.72. The number of benzene rings is 2. The van der Waals surface area contributed by atoms with Crippen molar-refractivity contribution in [2.75, 3.05) is 19.6 Å². The standard InChI is InChI=1S/C20H27N3O3S.ClH/c1-3-11-21-12-13-22-20(24)18-10-9-16(2)19(14-18)27(25,26)23-15-17-7-5-4-6-8-17;/h4-10,14,21,23H,3,11-13,15H2,1-2H3,(H,22,24);1H. The first kappa shape index (κ1) is 24.1. The van der Waals surface area contributed by atoms with Crippen molar-refractivity contribution in [3.63, 3.8) is 0 Å². The smallest absolute Gasteiger partial charge is 0.251 e. The number of amides is 1. The Labute approximate surface area is 173 Å². The molecule has 0 atom stereocenters. The van der Waals surface area contributed by atoms with Gasteiger partial charge in [-0.15, -0.1) is 12.4 Å². The van der Waals surface area contributed by atoms with Crippen LogP contribution < -0.4 is 15.4 Å². The molecule has 0 bridgehead atoms. The number of carbonyl (C=O) groups excluding carboxylic acids is 1. The third-order valence-corrected chi connectivity index (χ3v) is 5.61. The summed E-state index contributed by atoms with van der Waals surface area (Å²) in [6.45, 7) is 6.05. The van der Waals surface area contributed by atoms with Crippen LogP contribution in [-0.4, -0.2) is 34.0 Å². The lowest BCUT2D eigenvalue weighted by atomic mass is 10.1. The maximum Gasteiger partial charge on any atom is 0.251 e. The fourth-order valence-corrected chi connectivity index (χ4v) is 3.84. The summed E-state index contributed by atoms with van der Waals surface area (Å²) in [6.07, 6.45) is 1.03. The van der Waals surface area contributed by atoms with Gasteiger partial charge in [-0.2, -0.15) is 0 Å². The Morgan fingerprint density at radius 3 is 2.39 bits per heavy atom. The van der Waals surface area contributed by atoms with Crippen LogP contribution >= 0.6 is 12.4 Å². The molecule has 0 spiro atoms. The number of hydrogen-bond donors (Lipinski definition) is 3. The molecule has 1 amide bonds. The summed E-state index contributed by atoms with van der Waals surface area (Å²) in [5.74, 6) is -0.284. The van der Waals surface area contributed by atoms with Gasteiger partial charge in [0, 0.05) is 25.2 Å². The highest BCUT2D eigenvalue weighted by Crippen LogP contribution is 2.17. The van der Waals surface area contributed by atoms with E-state index < -0.39 is 10.0 Å². The third-order valence-electron chi connectivity index (χ3n) is 4.06. The fourth-order valence-electron chi connectivity index (χ4n) is 2.55. The van der Waals surface area contributed by atoms with E-state index in [2.05, 4.69) is 22.3 Å². The van der Waals surface area contributed by atoms with Gasteiger partial charge in [-0.3, -0.25) is 4.79 Å². The normalized spacial score (nSPS) is 10.9. The van der Waals surface area contributed by atoms with Gasteiger partial charge in [0.25, 0.3) is 5.91 Å². The van der Waals surface area contributed by atoms with Crippen molar-refractivity contribution in [2.45, 2.75) is 31.7 Å². The van der Waals surface area contributed by atoms with Gasteiger partial charge in [-0.1, -0.05) is 43.3 Å². The van der Waals surface area contributed by atoms with Gasteiger partial charge >= 0.3 is 0 Å². The lowest BCUT2D eigenvalue weighted by molar-refractivity contribution is 0.0953. The lowest BCUT2D eigenvalue weighted by Gasteiger charge is -2.12. The van der Waals surface area contributed by atoms with Crippen molar-refractivity contribution in [2.24, 2.45) is 0 Å². The van der Waals surface area contributed by atoms with E-state index in [1.165, 1.54) is 6.07 Å². The Kier molecular flexibility index (Phi) is 10.2. The molecule has 0 heterocycles. The Morgan fingerprint density at radius 1 is 1.00 bits per heavy atom. The molecular formula is C20H28ClN3O3S. The van der Waals surface area contributed by atoms with Crippen molar-refractivity contribution >= 4 is 28.3 Å². The summed E-state index contributed by atoms with van der Waals surface area (Å²) >= 11 is 0. The number of hydrogen-bond acceptors (Lipinski definition) is 4. The molecule has 8 heteroatoms. The second-order valence-electron chi connectivity index (χ2n) is 6.30. The number of sulfonamides is 1. The molecule has 154 valence electrons. The predicted octanol–water partition coefficient (Wildman–Crippen LogP) is 2.62. The van der Waals surface area contributed by atoms with Crippen LogP contribution in [0, 0.1) is 6.92 Å². The maximum absolute atomic E-state index is 12.7. The third kappa shape index (κ3) is 7.24. The highest BCUT2D eigenvalue weighted by molar-refractivity contribution is 7.89. The van der Waals surface area contributed by atoms with Gasteiger partial charge in [-0.05, 0) is 43.1 Å². The molecule has 0 aliphatic heterocycles. The van der Waals surface area contributed by atoms with Gasteiger partial charge in [0.15, 0.2) is 0 Å². The molecule has 0 saturated carbocycles. The first-order valence-corrected chi connectivity index (χ1v) is 10.6. The minimum Gasteiger partial charge on any atom is -0.351 e. The average Bonchev–Trinajstić information content (AvgIpc) is 2.67. The number of carbonyl (C=O) groups is 1. The largest absolute Gasteiger partial charge is 0.351 e. The van der Waals surface area contributed by atoms with E-state index in [0.717, 1.165) is 18.5 Å². The molecule has 0 radical (unpaired) electrons.